The molecule has 88 valence electrons. The van der Waals surface area contributed by atoms with Crippen LogP contribution in [-0.2, 0) is 12.6 Å². The number of halogens is 3. The largest absolute Gasteiger partial charge is 0.490 e. The molecule has 1 fully saturated rings. The third-order valence-electron chi connectivity index (χ3n) is 2.59. The zero-order chi connectivity index (χ0) is 11.8. The van der Waals surface area contributed by atoms with Crippen LogP contribution in [0.25, 0.3) is 0 Å². The molecular formula is C12H13F3O. The molecule has 0 aliphatic heterocycles. The van der Waals surface area contributed by atoms with Crippen LogP contribution in [0.2, 0.25) is 0 Å². The van der Waals surface area contributed by atoms with E-state index < -0.39 is 11.7 Å². The lowest BCUT2D eigenvalue weighted by atomic mass is 10.0. The lowest BCUT2D eigenvalue weighted by Gasteiger charge is -2.16. The van der Waals surface area contributed by atoms with E-state index >= 15 is 0 Å². The van der Waals surface area contributed by atoms with Crippen LogP contribution in [0.3, 0.4) is 0 Å². The summed E-state index contributed by atoms with van der Waals surface area (Å²) in [5.41, 5.74) is -0.310. The maximum atomic E-state index is 12.9. The molecule has 1 aromatic carbocycles. The van der Waals surface area contributed by atoms with Gasteiger partial charge in [0.1, 0.15) is 11.3 Å². The molecule has 1 saturated carbocycles. The summed E-state index contributed by atoms with van der Waals surface area (Å²) in [6.07, 6.45) is -2.29. The molecule has 1 aromatic rings. The minimum Gasteiger partial charge on any atom is -0.490 e. The molecule has 0 heterocycles. The summed E-state index contributed by atoms with van der Waals surface area (Å²) in [4.78, 5) is 0. The fourth-order valence-corrected chi connectivity index (χ4v) is 1.66. The first-order chi connectivity index (χ1) is 7.52. The lowest BCUT2D eigenvalue weighted by molar-refractivity contribution is -0.139. The minimum atomic E-state index is -4.34. The molecule has 2 rings (SSSR count). The highest BCUT2D eigenvalue weighted by molar-refractivity contribution is 5.42. The van der Waals surface area contributed by atoms with E-state index in [0.29, 0.717) is 12.0 Å². The van der Waals surface area contributed by atoms with E-state index in [1.54, 1.807) is 13.0 Å². The molecule has 0 spiro atoms. The molecule has 16 heavy (non-hydrogen) atoms. The van der Waals surface area contributed by atoms with Crippen molar-refractivity contribution in [1.29, 1.82) is 0 Å². The van der Waals surface area contributed by atoms with Gasteiger partial charge in [0.25, 0.3) is 0 Å². The van der Waals surface area contributed by atoms with Gasteiger partial charge < -0.3 is 4.74 Å². The van der Waals surface area contributed by atoms with Gasteiger partial charge in [0, 0.05) is 0 Å². The van der Waals surface area contributed by atoms with Gasteiger partial charge in [-0.05, 0) is 30.9 Å². The Balaban J connectivity index is 2.41. The van der Waals surface area contributed by atoms with Gasteiger partial charge >= 0.3 is 6.18 Å². The first kappa shape index (κ1) is 11.3. The summed E-state index contributed by atoms with van der Waals surface area (Å²) in [6, 6.07) is 4.52. The molecular weight excluding hydrogens is 217 g/mol. The first-order valence-electron chi connectivity index (χ1n) is 5.38. The molecule has 1 aliphatic rings. The lowest BCUT2D eigenvalue weighted by Crippen LogP contribution is -2.12. The maximum absolute atomic E-state index is 12.9. The zero-order valence-electron chi connectivity index (χ0n) is 8.97. The zero-order valence-corrected chi connectivity index (χ0v) is 8.97. The van der Waals surface area contributed by atoms with Crippen LogP contribution < -0.4 is 4.74 Å². The number of benzene rings is 1. The Morgan fingerprint density at radius 3 is 2.50 bits per heavy atom. The quantitative estimate of drug-likeness (QED) is 0.767. The standard InChI is InChI=1S/C12H13F3O/c1-2-8-4-3-5-10(16-9-6-7-9)11(8)12(13,14)15/h3-5,9H,2,6-7H2,1H3. The predicted octanol–water partition coefficient (Wildman–Crippen LogP) is 3.81. The number of hydrogen-bond acceptors (Lipinski definition) is 1. The van der Waals surface area contributed by atoms with Crippen LogP contribution in [0.15, 0.2) is 18.2 Å². The van der Waals surface area contributed by atoms with E-state index in [4.69, 9.17) is 4.74 Å². The Kier molecular flexibility index (Phi) is 2.82. The number of aryl methyl sites for hydroxylation is 1. The number of alkyl halides is 3. The Morgan fingerprint density at radius 2 is 2.00 bits per heavy atom. The summed E-state index contributed by atoms with van der Waals surface area (Å²) in [7, 11) is 0. The molecule has 0 radical (unpaired) electrons. The smallest absolute Gasteiger partial charge is 0.420 e. The fraction of sp³-hybridized carbons (Fsp3) is 0.500. The summed E-state index contributed by atoms with van der Waals surface area (Å²) < 4.78 is 44.0. The van der Waals surface area contributed by atoms with E-state index in [1.807, 2.05) is 0 Å². The van der Waals surface area contributed by atoms with Crippen molar-refractivity contribution in [3.05, 3.63) is 29.3 Å². The van der Waals surface area contributed by atoms with Gasteiger partial charge in [-0.3, -0.25) is 0 Å². The molecule has 0 saturated heterocycles. The van der Waals surface area contributed by atoms with Crippen molar-refractivity contribution in [3.8, 4) is 5.75 Å². The van der Waals surface area contributed by atoms with Crippen molar-refractivity contribution in [2.24, 2.45) is 0 Å². The minimum absolute atomic E-state index is 0.0191. The second-order valence-corrected chi connectivity index (χ2v) is 3.96. The number of rotatable bonds is 3. The van der Waals surface area contributed by atoms with Gasteiger partial charge in [-0.1, -0.05) is 19.1 Å². The van der Waals surface area contributed by atoms with Gasteiger partial charge in [0.2, 0.25) is 0 Å². The van der Waals surface area contributed by atoms with Crippen LogP contribution in [-0.4, -0.2) is 6.10 Å². The third kappa shape index (κ3) is 2.31. The molecule has 4 heteroatoms. The summed E-state index contributed by atoms with van der Waals surface area (Å²) in [5.74, 6) is -0.0191. The van der Waals surface area contributed by atoms with E-state index in [9.17, 15) is 13.2 Å². The average Bonchev–Trinajstić information content (AvgIpc) is 2.99. The second kappa shape index (κ2) is 4.00. The van der Waals surface area contributed by atoms with Crippen molar-refractivity contribution in [1.82, 2.24) is 0 Å². The average molecular weight is 230 g/mol. The van der Waals surface area contributed by atoms with Crippen molar-refractivity contribution in [2.45, 2.75) is 38.5 Å². The van der Waals surface area contributed by atoms with E-state index in [0.717, 1.165) is 12.8 Å². The molecule has 1 aliphatic carbocycles. The van der Waals surface area contributed by atoms with Gasteiger partial charge in [-0.15, -0.1) is 0 Å². The normalized spacial score (nSPS) is 16.2. The summed E-state index contributed by atoms with van der Waals surface area (Å²) in [5, 5.41) is 0. The van der Waals surface area contributed by atoms with Crippen molar-refractivity contribution in [3.63, 3.8) is 0 Å². The predicted molar refractivity (Wildman–Crippen MR) is 54.5 cm³/mol. The van der Waals surface area contributed by atoms with Crippen molar-refractivity contribution >= 4 is 0 Å². The second-order valence-electron chi connectivity index (χ2n) is 3.96. The van der Waals surface area contributed by atoms with E-state index in [1.165, 1.54) is 12.1 Å². The number of ether oxygens (including phenoxy) is 1. The Morgan fingerprint density at radius 1 is 1.31 bits per heavy atom. The van der Waals surface area contributed by atoms with E-state index in [2.05, 4.69) is 0 Å². The van der Waals surface area contributed by atoms with Gasteiger partial charge in [-0.25, -0.2) is 0 Å². The van der Waals surface area contributed by atoms with Gasteiger partial charge in [0.05, 0.1) is 6.10 Å². The molecule has 0 amide bonds. The van der Waals surface area contributed by atoms with Crippen LogP contribution in [0.5, 0.6) is 5.75 Å². The fourth-order valence-electron chi connectivity index (χ4n) is 1.66. The SMILES string of the molecule is CCc1cccc(OC2CC2)c1C(F)(F)F. The summed E-state index contributed by atoms with van der Waals surface area (Å²) >= 11 is 0. The first-order valence-corrected chi connectivity index (χ1v) is 5.38. The highest BCUT2D eigenvalue weighted by Crippen LogP contribution is 2.41. The van der Waals surface area contributed by atoms with Crippen molar-refractivity contribution < 1.29 is 17.9 Å². The molecule has 0 unspecified atom stereocenters. The van der Waals surface area contributed by atoms with Gasteiger partial charge in [0.15, 0.2) is 0 Å². The Bertz CT molecular complexity index is 380. The highest BCUT2D eigenvalue weighted by atomic mass is 19.4. The Labute approximate surface area is 92.2 Å². The van der Waals surface area contributed by atoms with E-state index in [-0.39, 0.29) is 11.9 Å². The highest BCUT2D eigenvalue weighted by Gasteiger charge is 2.38. The molecule has 1 nitrogen and oxygen atoms in total. The van der Waals surface area contributed by atoms with Crippen LogP contribution in [0, 0.1) is 0 Å². The molecule has 0 N–H and O–H groups in total. The monoisotopic (exact) mass is 230 g/mol. The third-order valence-corrected chi connectivity index (χ3v) is 2.59. The topological polar surface area (TPSA) is 9.23 Å². The Hall–Kier alpha value is -1.19. The molecule has 0 aromatic heterocycles. The van der Waals surface area contributed by atoms with Crippen molar-refractivity contribution in [2.75, 3.05) is 0 Å². The molecule has 0 atom stereocenters. The van der Waals surface area contributed by atoms with Crippen LogP contribution in [0.1, 0.15) is 30.9 Å². The summed E-state index contributed by atoms with van der Waals surface area (Å²) in [6.45, 7) is 1.71. The van der Waals surface area contributed by atoms with Crippen LogP contribution >= 0.6 is 0 Å². The number of hydrogen-bond donors (Lipinski definition) is 0. The van der Waals surface area contributed by atoms with Gasteiger partial charge in [-0.2, -0.15) is 13.2 Å². The van der Waals surface area contributed by atoms with Crippen LogP contribution in [0.4, 0.5) is 13.2 Å². The maximum Gasteiger partial charge on any atom is 0.420 e. The molecule has 0 bridgehead atoms.